The van der Waals surface area contributed by atoms with Gasteiger partial charge in [0.1, 0.15) is 24.4 Å². The number of rotatable bonds is 10. The van der Waals surface area contributed by atoms with Gasteiger partial charge in [0, 0.05) is 46.4 Å². The van der Waals surface area contributed by atoms with Gasteiger partial charge >= 0.3 is 0 Å². The molecule has 0 aliphatic rings. The molecule has 1 atom stereocenters. The number of aromatic amines is 1. The van der Waals surface area contributed by atoms with Gasteiger partial charge in [0.05, 0.1) is 0 Å². The molecule has 4 rings (SSSR count). The van der Waals surface area contributed by atoms with E-state index in [1.165, 1.54) is 0 Å². The van der Waals surface area contributed by atoms with E-state index in [9.17, 15) is 14.5 Å². The first kappa shape index (κ1) is 23.5. The van der Waals surface area contributed by atoms with Crippen molar-refractivity contribution in [3.8, 4) is 22.9 Å². The summed E-state index contributed by atoms with van der Waals surface area (Å²) >= 11 is -1.41. The van der Waals surface area contributed by atoms with Crippen molar-refractivity contribution in [2.45, 2.75) is 42.6 Å². The molecule has 0 amide bonds. The number of benzene rings is 3. The van der Waals surface area contributed by atoms with Gasteiger partial charge in [0.2, 0.25) is 5.82 Å². The molecule has 0 saturated carbocycles. The average molecular weight is 477 g/mol. The minimum atomic E-state index is -1.41. The second-order valence-electron chi connectivity index (χ2n) is 7.64. The molecule has 0 aliphatic carbocycles. The van der Waals surface area contributed by atoms with E-state index in [1.807, 2.05) is 43.3 Å². The minimum absolute atomic E-state index is 0.114. The number of hydrogen-bond donors (Lipinski definition) is 2. The Morgan fingerprint density at radius 3 is 2.65 bits per heavy atom. The van der Waals surface area contributed by atoms with Gasteiger partial charge in [-0.15, -0.1) is 10.2 Å². The molecule has 1 aromatic heterocycles. The van der Waals surface area contributed by atoms with E-state index in [0.717, 1.165) is 23.8 Å². The van der Waals surface area contributed by atoms with Gasteiger partial charge in [0.15, 0.2) is 9.79 Å². The van der Waals surface area contributed by atoms with Gasteiger partial charge in [-0.1, -0.05) is 43.7 Å². The van der Waals surface area contributed by atoms with E-state index in [1.54, 1.807) is 24.3 Å². The summed E-state index contributed by atoms with van der Waals surface area (Å²) in [4.78, 5) is 12.2. The summed E-state index contributed by atoms with van der Waals surface area (Å²) in [6, 6.07) is 18.1. The zero-order valence-corrected chi connectivity index (χ0v) is 19.4. The van der Waals surface area contributed by atoms with Crippen molar-refractivity contribution in [1.82, 2.24) is 20.6 Å². The molecule has 0 radical (unpaired) electrons. The summed E-state index contributed by atoms with van der Waals surface area (Å²) in [5.41, 5.74) is 2.85. The zero-order chi connectivity index (χ0) is 23.9. The Bertz CT molecular complexity index is 1260. The van der Waals surface area contributed by atoms with Gasteiger partial charge in [-0.05, 0) is 35.4 Å². The molecule has 0 bridgehead atoms. The third kappa shape index (κ3) is 5.27. The molecule has 4 aromatic rings. The zero-order valence-electron chi connectivity index (χ0n) is 18.6. The van der Waals surface area contributed by atoms with E-state index < -0.39 is 11.2 Å². The fourth-order valence-electron chi connectivity index (χ4n) is 3.63. The number of hydrogen-bond acceptors (Lipinski definition) is 7. The first-order chi connectivity index (χ1) is 16.6. The number of tetrazole rings is 1. The van der Waals surface area contributed by atoms with Crippen LogP contribution in [0.4, 0.5) is 0 Å². The van der Waals surface area contributed by atoms with Crippen molar-refractivity contribution in [2.24, 2.45) is 0 Å². The van der Waals surface area contributed by atoms with Crippen molar-refractivity contribution in [2.75, 3.05) is 0 Å². The van der Waals surface area contributed by atoms with Crippen LogP contribution in [0.2, 0.25) is 0 Å². The van der Waals surface area contributed by atoms with Gasteiger partial charge in [-0.25, -0.2) is 0 Å². The number of carbonyl (C=O) groups is 1. The predicted octanol–water partition coefficient (Wildman–Crippen LogP) is 4.01. The number of nitrogens with one attached hydrogen (secondary N) is 1. The standard InChI is InChI=1S/C25H24N4O4S/c1-2-5-22-23(11-10-18(12-13-30)24(22)31)33-16-17-6-3-8-20(14-17)34(32)21-9-4-7-19(15-21)25-26-28-29-27-25/h3-4,6-11,13-15,31H,2,5,12,16H2,1H3,(H,26,27,28,29). The highest BCUT2D eigenvalue weighted by molar-refractivity contribution is 7.91. The molecule has 0 aliphatic heterocycles. The van der Waals surface area contributed by atoms with Gasteiger partial charge < -0.3 is 19.2 Å². The number of carbonyl (C=O) groups excluding carboxylic acids is 1. The SMILES string of the molecule is CCCc1c(OCc2cccc([S+]([O-])c3cccc(-c4nn[nH]n4)c3)c2)ccc(CC=O)c1O. The molecule has 1 unspecified atom stereocenters. The largest absolute Gasteiger partial charge is 0.606 e. The van der Waals surface area contributed by atoms with Crippen molar-refractivity contribution < 1.29 is 19.2 Å². The highest BCUT2D eigenvalue weighted by Gasteiger charge is 2.18. The quantitative estimate of drug-likeness (QED) is 0.262. The fraction of sp³-hybridized carbons (Fsp3) is 0.200. The lowest BCUT2D eigenvalue weighted by Gasteiger charge is -2.15. The molecule has 0 saturated heterocycles. The van der Waals surface area contributed by atoms with E-state index in [-0.39, 0.29) is 18.8 Å². The molecule has 9 heteroatoms. The van der Waals surface area contributed by atoms with E-state index in [0.29, 0.717) is 38.9 Å². The van der Waals surface area contributed by atoms with Crippen LogP contribution in [0.1, 0.15) is 30.0 Å². The lowest BCUT2D eigenvalue weighted by molar-refractivity contribution is -0.107. The second-order valence-corrected chi connectivity index (χ2v) is 9.12. The van der Waals surface area contributed by atoms with Gasteiger partial charge in [0.25, 0.3) is 0 Å². The second kappa shape index (κ2) is 11.0. The smallest absolute Gasteiger partial charge is 0.204 e. The molecule has 174 valence electrons. The average Bonchev–Trinajstić information content (AvgIpc) is 3.41. The number of aromatic hydroxyl groups is 1. The maximum Gasteiger partial charge on any atom is 0.204 e. The Kier molecular flexibility index (Phi) is 7.56. The topological polar surface area (TPSA) is 124 Å². The highest BCUT2D eigenvalue weighted by Crippen LogP contribution is 2.33. The van der Waals surface area contributed by atoms with Crippen molar-refractivity contribution >= 4 is 17.5 Å². The number of ether oxygens (including phenoxy) is 1. The molecule has 8 nitrogen and oxygen atoms in total. The summed E-state index contributed by atoms with van der Waals surface area (Å²) in [6.45, 7) is 2.26. The molecule has 0 spiro atoms. The van der Waals surface area contributed by atoms with Crippen LogP contribution in [0.15, 0.2) is 70.5 Å². The first-order valence-corrected chi connectivity index (χ1v) is 12.0. The molecule has 2 N–H and O–H groups in total. The van der Waals surface area contributed by atoms with Crippen LogP contribution in [0.3, 0.4) is 0 Å². The van der Waals surface area contributed by atoms with E-state index in [4.69, 9.17) is 4.74 Å². The van der Waals surface area contributed by atoms with E-state index >= 15 is 0 Å². The summed E-state index contributed by atoms with van der Waals surface area (Å²) < 4.78 is 19.2. The van der Waals surface area contributed by atoms with Crippen LogP contribution < -0.4 is 4.74 Å². The molecule has 34 heavy (non-hydrogen) atoms. The predicted molar refractivity (Wildman–Crippen MR) is 127 cm³/mol. The summed E-state index contributed by atoms with van der Waals surface area (Å²) in [7, 11) is 0. The minimum Gasteiger partial charge on any atom is -0.606 e. The number of aromatic nitrogens is 4. The summed E-state index contributed by atoms with van der Waals surface area (Å²) in [5, 5.41) is 24.5. The fourth-order valence-corrected chi connectivity index (χ4v) is 4.80. The number of nitrogens with zero attached hydrogens (tertiary/aromatic N) is 3. The Hall–Kier alpha value is -3.69. The molecule has 3 aromatic carbocycles. The van der Waals surface area contributed by atoms with Crippen LogP contribution in [0.25, 0.3) is 11.4 Å². The number of phenolic OH excluding ortho intramolecular Hbond substituents is 1. The van der Waals surface area contributed by atoms with Crippen LogP contribution in [0.5, 0.6) is 11.5 Å². The molecular weight excluding hydrogens is 452 g/mol. The summed E-state index contributed by atoms with van der Waals surface area (Å²) in [5.74, 6) is 1.13. The lowest BCUT2D eigenvalue weighted by atomic mass is 10.0. The lowest BCUT2D eigenvalue weighted by Crippen LogP contribution is -2.05. The number of aldehydes is 1. The third-order valence-electron chi connectivity index (χ3n) is 5.29. The highest BCUT2D eigenvalue weighted by atomic mass is 32.2. The Morgan fingerprint density at radius 1 is 1.12 bits per heavy atom. The van der Waals surface area contributed by atoms with Gasteiger partial charge in [-0.2, -0.15) is 5.21 Å². The van der Waals surface area contributed by atoms with Crippen LogP contribution in [-0.2, 0) is 35.4 Å². The maximum atomic E-state index is 13.2. The van der Waals surface area contributed by atoms with Crippen LogP contribution in [0, 0.1) is 0 Å². The number of H-pyrrole nitrogens is 1. The number of phenols is 1. The Labute approximate surface area is 200 Å². The monoisotopic (exact) mass is 476 g/mol. The maximum absolute atomic E-state index is 13.2. The van der Waals surface area contributed by atoms with Crippen LogP contribution >= 0.6 is 0 Å². The van der Waals surface area contributed by atoms with E-state index in [2.05, 4.69) is 20.6 Å². The Balaban J connectivity index is 1.52. The van der Waals surface area contributed by atoms with Crippen molar-refractivity contribution in [3.05, 3.63) is 77.4 Å². The summed E-state index contributed by atoms with van der Waals surface area (Å²) in [6.07, 6.45) is 2.39. The Morgan fingerprint density at radius 2 is 1.91 bits per heavy atom. The third-order valence-corrected chi connectivity index (χ3v) is 6.65. The van der Waals surface area contributed by atoms with Crippen molar-refractivity contribution in [3.63, 3.8) is 0 Å². The van der Waals surface area contributed by atoms with Crippen LogP contribution in [-0.4, -0.2) is 36.6 Å². The molecule has 0 fully saturated rings. The first-order valence-electron chi connectivity index (χ1n) is 10.9. The normalized spacial score (nSPS) is 11.8. The van der Waals surface area contributed by atoms with Gasteiger partial charge in [-0.3, -0.25) is 0 Å². The molecule has 1 heterocycles. The molecular formula is C25H24N4O4S. The van der Waals surface area contributed by atoms with Crippen molar-refractivity contribution in [1.29, 1.82) is 0 Å².